The van der Waals surface area contributed by atoms with Gasteiger partial charge in [0.25, 0.3) is 0 Å². The number of hydrogen-bond donors (Lipinski definition) is 2. The monoisotopic (exact) mass is 378 g/mol. The van der Waals surface area contributed by atoms with Crippen LogP contribution in [0.3, 0.4) is 0 Å². The molecule has 0 heterocycles. The Kier molecular flexibility index (Phi) is 4.24. The van der Waals surface area contributed by atoms with Crippen LogP contribution in [0.15, 0.2) is 103 Å². The van der Waals surface area contributed by atoms with Gasteiger partial charge in [-0.05, 0) is 45.5 Å². The number of hydrogen-bond acceptors (Lipinski definition) is 3. The zero-order chi connectivity index (χ0) is 19.8. The van der Waals surface area contributed by atoms with Crippen LogP contribution in [0.2, 0.25) is 0 Å². The first kappa shape index (κ1) is 17.7. The number of fused-ring (bicyclic) bond motifs is 3. The van der Waals surface area contributed by atoms with Crippen molar-refractivity contribution in [3.8, 4) is 16.9 Å². The van der Waals surface area contributed by atoms with Gasteiger partial charge in [0.05, 0.1) is 5.41 Å². The standard InChI is InChI=1S/C25H19BO3/c27-26(28)29-20-15-16-22-21-13-7-8-14-23(21)25(24(22)17-20,18-9-3-1-4-10-18)19-11-5-2-6-12-19/h1-17,27-28H. The third-order valence-corrected chi connectivity index (χ3v) is 5.67. The molecule has 4 aromatic carbocycles. The van der Waals surface area contributed by atoms with Gasteiger partial charge in [-0.15, -0.1) is 0 Å². The van der Waals surface area contributed by atoms with Crippen molar-refractivity contribution in [1.29, 1.82) is 0 Å². The van der Waals surface area contributed by atoms with Crippen LogP contribution in [0.1, 0.15) is 22.3 Å². The highest BCUT2D eigenvalue weighted by molar-refractivity contribution is 6.33. The molecule has 0 spiro atoms. The molecule has 0 radical (unpaired) electrons. The second kappa shape index (κ2) is 6.92. The van der Waals surface area contributed by atoms with Crippen LogP contribution < -0.4 is 4.65 Å². The molecular formula is C25H19BO3. The quantitative estimate of drug-likeness (QED) is 0.456. The van der Waals surface area contributed by atoms with Gasteiger partial charge in [-0.2, -0.15) is 0 Å². The summed E-state index contributed by atoms with van der Waals surface area (Å²) >= 11 is 0. The Labute approximate surface area is 170 Å². The molecule has 3 nitrogen and oxygen atoms in total. The van der Waals surface area contributed by atoms with E-state index in [9.17, 15) is 10.0 Å². The average Bonchev–Trinajstić information content (AvgIpc) is 3.05. The molecule has 140 valence electrons. The molecule has 0 fully saturated rings. The lowest BCUT2D eigenvalue weighted by Crippen LogP contribution is -2.28. The van der Waals surface area contributed by atoms with E-state index in [1.165, 1.54) is 11.1 Å². The Morgan fingerprint density at radius 1 is 0.586 bits per heavy atom. The second-order valence-corrected chi connectivity index (χ2v) is 7.18. The largest absolute Gasteiger partial charge is 0.707 e. The second-order valence-electron chi connectivity index (χ2n) is 7.18. The van der Waals surface area contributed by atoms with Gasteiger partial charge < -0.3 is 14.7 Å². The Hall–Kier alpha value is -3.34. The van der Waals surface area contributed by atoms with Gasteiger partial charge in [0.2, 0.25) is 0 Å². The van der Waals surface area contributed by atoms with Crippen molar-refractivity contribution in [3.05, 3.63) is 125 Å². The molecule has 0 saturated carbocycles. The lowest BCUT2D eigenvalue weighted by molar-refractivity contribution is 0.288. The molecule has 4 aromatic rings. The van der Waals surface area contributed by atoms with E-state index in [2.05, 4.69) is 72.8 Å². The SMILES string of the molecule is OB(O)Oc1ccc2c(c1)C(c1ccccc1)(c1ccccc1)c1ccccc1-2. The topological polar surface area (TPSA) is 49.7 Å². The summed E-state index contributed by atoms with van der Waals surface area (Å²) in [5.41, 5.74) is 6.34. The summed E-state index contributed by atoms with van der Waals surface area (Å²) in [5.74, 6) is 0.419. The van der Waals surface area contributed by atoms with Crippen molar-refractivity contribution >= 4 is 7.32 Å². The summed E-state index contributed by atoms with van der Waals surface area (Å²) in [6, 6.07) is 35.0. The molecule has 0 aromatic heterocycles. The third kappa shape index (κ3) is 2.69. The van der Waals surface area contributed by atoms with E-state index >= 15 is 0 Å². The lowest BCUT2D eigenvalue weighted by Gasteiger charge is -2.34. The Morgan fingerprint density at radius 3 is 1.76 bits per heavy atom. The predicted octanol–water partition coefficient (Wildman–Crippen LogP) is 4.40. The van der Waals surface area contributed by atoms with Crippen molar-refractivity contribution < 1.29 is 14.7 Å². The fraction of sp³-hybridized carbons (Fsp3) is 0.0400. The average molecular weight is 378 g/mol. The Bertz CT molecular complexity index is 1120. The van der Waals surface area contributed by atoms with Gasteiger partial charge in [-0.1, -0.05) is 91.0 Å². The van der Waals surface area contributed by atoms with E-state index in [0.29, 0.717) is 5.75 Å². The normalized spacial score (nSPS) is 13.4. The van der Waals surface area contributed by atoms with E-state index in [4.69, 9.17) is 4.65 Å². The summed E-state index contributed by atoms with van der Waals surface area (Å²) in [5, 5.41) is 18.7. The number of benzene rings is 4. The fourth-order valence-electron chi connectivity index (χ4n) is 4.62. The van der Waals surface area contributed by atoms with E-state index in [1.54, 1.807) is 6.07 Å². The van der Waals surface area contributed by atoms with Gasteiger partial charge in [-0.25, -0.2) is 0 Å². The van der Waals surface area contributed by atoms with Crippen LogP contribution in [0, 0.1) is 0 Å². The van der Waals surface area contributed by atoms with E-state index < -0.39 is 12.7 Å². The molecule has 29 heavy (non-hydrogen) atoms. The van der Waals surface area contributed by atoms with Crippen LogP contribution in [0.4, 0.5) is 0 Å². The molecule has 0 amide bonds. The first-order valence-corrected chi connectivity index (χ1v) is 9.59. The summed E-state index contributed by atoms with van der Waals surface area (Å²) in [7, 11) is -1.86. The summed E-state index contributed by atoms with van der Waals surface area (Å²) in [4.78, 5) is 0. The summed E-state index contributed by atoms with van der Waals surface area (Å²) < 4.78 is 5.21. The molecule has 0 saturated heterocycles. The minimum atomic E-state index is -1.86. The highest BCUT2D eigenvalue weighted by Crippen LogP contribution is 2.56. The van der Waals surface area contributed by atoms with Crippen LogP contribution >= 0.6 is 0 Å². The van der Waals surface area contributed by atoms with Crippen LogP contribution in [-0.4, -0.2) is 17.4 Å². The molecule has 2 N–H and O–H groups in total. The van der Waals surface area contributed by atoms with Gasteiger partial charge in [0.15, 0.2) is 0 Å². The van der Waals surface area contributed by atoms with Crippen molar-refractivity contribution in [2.24, 2.45) is 0 Å². The molecule has 0 unspecified atom stereocenters. The molecule has 0 atom stereocenters. The van der Waals surface area contributed by atoms with Gasteiger partial charge >= 0.3 is 7.32 Å². The highest BCUT2D eigenvalue weighted by Gasteiger charge is 2.46. The maximum absolute atomic E-state index is 9.33. The molecule has 4 heteroatoms. The van der Waals surface area contributed by atoms with Crippen molar-refractivity contribution in [1.82, 2.24) is 0 Å². The zero-order valence-corrected chi connectivity index (χ0v) is 15.7. The molecule has 0 aliphatic heterocycles. The summed E-state index contributed by atoms with van der Waals surface area (Å²) in [6.07, 6.45) is 0. The zero-order valence-electron chi connectivity index (χ0n) is 15.7. The van der Waals surface area contributed by atoms with Crippen LogP contribution in [0.25, 0.3) is 11.1 Å². The first-order valence-electron chi connectivity index (χ1n) is 9.59. The molecule has 5 rings (SSSR count). The summed E-state index contributed by atoms with van der Waals surface area (Å²) in [6.45, 7) is 0. The minimum Gasteiger partial charge on any atom is -0.512 e. The van der Waals surface area contributed by atoms with Gasteiger partial charge in [0.1, 0.15) is 5.75 Å². The van der Waals surface area contributed by atoms with E-state index in [-0.39, 0.29) is 0 Å². The van der Waals surface area contributed by atoms with E-state index in [0.717, 1.165) is 22.3 Å². The van der Waals surface area contributed by atoms with E-state index in [1.807, 2.05) is 24.3 Å². The molecule has 1 aliphatic rings. The Morgan fingerprint density at radius 2 is 1.14 bits per heavy atom. The van der Waals surface area contributed by atoms with Gasteiger partial charge in [-0.3, -0.25) is 0 Å². The van der Waals surface area contributed by atoms with Gasteiger partial charge in [0, 0.05) is 0 Å². The maximum atomic E-state index is 9.33. The smallest absolute Gasteiger partial charge is 0.512 e. The molecular weight excluding hydrogens is 359 g/mol. The first-order chi connectivity index (χ1) is 14.2. The van der Waals surface area contributed by atoms with Crippen molar-refractivity contribution in [3.63, 3.8) is 0 Å². The van der Waals surface area contributed by atoms with Crippen LogP contribution in [0.5, 0.6) is 5.75 Å². The van der Waals surface area contributed by atoms with Crippen molar-refractivity contribution in [2.45, 2.75) is 5.41 Å². The third-order valence-electron chi connectivity index (χ3n) is 5.67. The minimum absolute atomic E-state index is 0.419. The maximum Gasteiger partial charge on any atom is 0.707 e. The fourth-order valence-corrected chi connectivity index (χ4v) is 4.62. The molecule has 1 aliphatic carbocycles. The Balaban J connectivity index is 1.90. The van der Waals surface area contributed by atoms with Crippen LogP contribution in [-0.2, 0) is 5.41 Å². The molecule has 0 bridgehead atoms. The highest BCUT2D eigenvalue weighted by atomic mass is 16.6. The predicted molar refractivity (Wildman–Crippen MR) is 115 cm³/mol. The lowest BCUT2D eigenvalue weighted by atomic mass is 9.68. The number of rotatable bonds is 4. The van der Waals surface area contributed by atoms with Crippen molar-refractivity contribution in [2.75, 3.05) is 0 Å².